The van der Waals surface area contributed by atoms with Crippen LogP contribution in [0.2, 0.25) is 0 Å². The molecule has 0 aliphatic carbocycles. The number of methoxy groups -OCH3 is 1. The van der Waals surface area contributed by atoms with Crippen molar-refractivity contribution in [1.82, 2.24) is 24.6 Å². The lowest BCUT2D eigenvalue weighted by molar-refractivity contribution is 0.370. The second-order valence-corrected chi connectivity index (χ2v) is 6.62. The number of piperazine rings is 1. The Morgan fingerprint density at radius 2 is 2.15 bits per heavy atom. The van der Waals surface area contributed by atoms with Crippen LogP contribution in [-0.2, 0) is 13.0 Å². The maximum atomic E-state index is 5.31. The van der Waals surface area contributed by atoms with Gasteiger partial charge in [0, 0.05) is 69.5 Å². The van der Waals surface area contributed by atoms with E-state index in [1.807, 2.05) is 19.2 Å². The van der Waals surface area contributed by atoms with Gasteiger partial charge in [-0.25, -0.2) is 9.97 Å². The minimum atomic E-state index is 0.625. The number of hydrogen-bond acceptors (Lipinski definition) is 7. The molecule has 1 aliphatic rings. The number of nitrogens with zero attached hydrogens (tertiary/aromatic N) is 6. The molecule has 1 fully saturated rings. The van der Waals surface area contributed by atoms with Gasteiger partial charge in [0.25, 0.3) is 0 Å². The Morgan fingerprint density at radius 1 is 1.35 bits per heavy atom. The van der Waals surface area contributed by atoms with Gasteiger partial charge in [-0.3, -0.25) is 4.99 Å². The third kappa shape index (κ3) is 4.21. The lowest BCUT2D eigenvalue weighted by Crippen LogP contribution is -2.52. The number of aliphatic imine (C=N–C) groups is 1. The lowest BCUT2D eigenvalue weighted by Gasteiger charge is -2.36. The summed E-state index contributed by atoms with van der Waals surface area (Å²) in [5.74, 6) is 2.46. The predicted molar refractivity (Wildman–Crippen MR) is 104 cm³/mol. The smallest absolute Gasteiger partial charge is 0.218 e. The van der Waals surface area contributed by atoms with Crippen LogP contribution in [0.5, 0.6) is 5.88 Å². The molecule has 0 atom stereocenters. The van der Waals surface area contributed by atoms with Crippen molar-refractivity contribution in [2.75, 3.05) is 45.2 Å². The largest absolute Gasteiger partial charge is 0.481 e. The van der Waals surface area contributed by atoms with Gasteiger partial charge >= 0.3 is 0 Å². The van der Waals surface area contributed by atoms with Crippen molar-refractivity contribution in [2.24, 2.45) is 4.99 Å². The SMILES string of the molecule is CCc1nsc(N2CCN(C(=NC)NCc3cccnc3OC)CC2)n1. The molecular weight excluding hydrogens is 350 g/mol. The highest BCUT2D eigenvalue weighted by molar-refractivity contribution is 7.09. The molecule has 0 aromatic carbocycles. The first-order valence-electron chi connectivity index (χ1n) is 8.76. The molecule has 0 spiro atoms. The van der Waals surface area contributed by atoms with Crippen molar-refractivity contribution >= 4 is 22.6 Å². The summed E-state index contributed by atoms with van der Waals surface area (Å²) < 4.78 is 9.69. The quantitative estimate of drug-likeness (QED) is 0.625. The zero-order chi connectivity index (χ0) is 18.4. The zero-order valence-electron chi connectivity index (χ0n) is 15.5. The molecule has 0 unspecified atom stereocenters. The second-order valence-electron chi connectivity index (χ2n) is 5.89. The van der Waals surface area contributed by atoms with Crippen LogP contribution < -0.4 is 15.0 Å². The minimum Gasteiger partial charge on any atom is -0.481 e. The summed E-state index contributed by atoms with van der Waals surface area (Å²) in [7, 11) is 3.45. The maximum absolute atomic E-state index is 5.31. The number of anilines is 1. The molecule has 9 heteroatoms. The normalized spacial score (nSPS) is 15.3. The third-order valence-corrected chi connectivity index (χ3v) is 5.13. The molecule has 0 amide bonds. The van der Waals surface area contributed by atoms with Gasteiger partial charge in [0.15, 0.2) is 5.96 Å². The summed E-state index contributed by atoms with van der Waals surface area (Å²) in [4.78, 5) is 17.8. The standard InChI is InChI=1S/C17H25N7OS/c1-4-14-21-17(26-22-14)24-10-8-23(9-11-24)16(18-2)20-12-13-6-5-7-19-15(13)25-3/h5-7H,4,8-12H2,1-3H3,(H,18,20). The molecule has 140 valence electrons. The first-order chi connectivity index (χ1) is 12.7. The Balaban J connectivity index is 1.55. The number of aryl methyl sites for hydroxylation is 1. The number of nitrogens with one attached hydrogen (secondary N) is 1. The topological polar surface area (TPSA) is 78.8 Å². The van der Waals surface area contributed by atoms with Crippen LogP contribution in [-0.4, -0.2) is 65.5 Å². The van der Waals surface area contributed by atoms with Crippen LogP contribution in [0.25, 0.3) is 0 Å². The minimum absolute atomic E-state index is 0.625. The van der Waals surface area contributed by atoms with E-state index in [4.69, 9.17) is 4.74 Å². The van der Waals surface area contributed by atoms with E-state index < -0.39 is 0 Å². The highest BCUT2D eigenvalue weighted by Gasteiger charge is 2.22. The average Bonchev–Trinajstić information content (AvgIpc) is 3.18. The van der Waals surface area contributed by atoms with Gasteiger partial charge < -0.3 is 19.9 Å². The number of pyridine rings is 1. The molecule has 0 saturated carbocycles. The first kappa shape index (κ1) is 18.4. The van der Waals surface area contributed by atoms with Gasteiger partial charge in [0.1, 0.15) is 5.82 Å². The molecular formula is C17H25N7OS. The molecule has 3 heterocycles. The van der Waals surface area contributed by atoms with Crippen LogP contribution in [0.3, 0.4) is 0 Å². The summed E-state index contributed by atoms with van der Waals surface area (Å²) >= 11 is 1.49. The fourth-order valence-electron chi connectivity index (χ4n) is 2.88. The number of hydrogen-bond donors (Lipinski definition) is 1. The zero-order valence-corrected chi connectivity index (χ0v) is 16.3. The highest BCUT2D eigenvalue weighted by atomic mass is 32.1. The van der Waals surface area contributed by atoms with Gasteiger partial charge in [-0.2, -0.15) is 4.37 Å². The summed E-state index contributed by atoms with van der Waals surface area (Å²) in [6.07, 6.45) is 2.61. The van der Waals surface area contributed by atoms with E-state index in [9.17, 15) is 0 Å². The molecule has 3 rings (SSSR count). The van der Waals surface area contributed by atoms with Crippen molar-refractivity contribution in [3.63, 3.8) is 0 Å². The lowest BCUT2D eigenvalue weighted by atomic mass is 10.2. The Morgan fingerprint density at radius 3 is 2.81 bits per heavy atom. The summed E-state index contributed by atoms with van der Waals surface area (Å²) in [6.45, 7) is 6.32. The monoisotopic (exact) mass is 375 g/mol. The van der Waals surface area contributed by atoms with Crippen molar-refractivity contribution in [1.29, 1.82) is 0 Å². The van der Waals surface area contributed by atoms with Crippen molar-refractivity contribution in [3.05, 3.63) is 29.7 Å². The van der Waals surface area contributed by atoms with Crippen LogP contribution in [0.15, 0.2) is 23.3 Å². The second kappa shape index (κ2) is 8.79. The molecule has 1 N–H and O–H groups in total. The molecule has 0 radical (unpaired) electrons. The van der Waals surface area contributed by atoms with Gasteiger partial charge in [0.05, 0.1) is 7.11 Å². The Kier molecular flexibility index (Phi) is 6.21. The first-order valence-corrected chi connectivity index (χ1v) is 9.53. The van der Waals surface area contributed by atoms with Gasteiger partial charge in [-0.05, 0) is 6.07 Å². The van der Waals surface area contributed by atoms with Gasteiger partial charge in [0.2, 0.25) is 11.0 Å². The van der Waals surface area contributed by atoms with Crippen LogP contribution in [0, 0.1) is 0 Å². The van der Waals surface area contributed by atoms with Crippen LogP contribution >= 0.6 is 11.5 Å². The Labute approximate surface area is 158 Å². The van der Waals surface area contributed by atoms with Crippen LogP contribution in [0.4, 0.5) is 5.13 Å². The van der Waals surface area contributed by atoms with E-state index in [-0.39, 0.29) is 0 Å². The van der Waals surface area contributed by atoms with E-state index in [1.54, 1.807) is 13.3 Å². The van der Waals surface area contributed by atoms with Crippen LogP contribution in [0.1, 0.15) is 18.3 Å². The Bertz CT molecular complexity index is 740. The van der Waals surface area contributed by atoms with E-state index in [0.29, 0.717) is 12.4 Å². The van der Waals surface area contributed by atoms with E-state index in [2.05, 4.69) is 41.4 Å². The number of rotatable bonds is 5. The molecule has 26 heavy (non-hydrogen) atoms. The molecule has 2 aromatic rings. The molecule has 2 aromatic heterocycles. The fourth-order valence-corrected chi connectivity index (χ4v) is 3.68. The van der Waals surface area contributed by atoms with E-state index in [0.717, 1.165) is 55.1 Å². The number of guanidine groups is 1. The molecule has 8 nitrogen and oxygen atoms in total. The van der Waals surface area contributed by atoms with Gasteiger partial charge in [-0.15, -0.1) is 0 Å². The van der Waals surface area contributed by atoms with E-state index in [1.165, 1.54) is 11.5 Å². The number of aromatic nitrogens is 3. The van der Waals surface area contributed by atoms with Crippen molar-refractivity contribution < 1.29 is 4.74 Å². The number of ether oxygens (including phenoxy) is 1. The molecule has 0 bridgehead atoms. The highest BCUT2D eigenvalue weighted by Crippen LogP contribution is 2.19. The summed E-state index contributed by atoms with van der Waals surface area (Å²) in [6, 6.07) is 3.92. The summed E-state index contributed by atoms with van der Waals surface area (Å²) in [5.41, 5.74) is 1.01. The Hall–Kier alpha value is -2.42. The predicted octanol–water partition coefficient (Wildman–Crippen LogP) is 1.40. The summed E-state index contributed by atoms with van der Waals surface area (Å²) in [5, 5.41) is 4.43. The van der Waals surface area contributed by atoms with Crippen molar-refractivity contribution in [2.45, 2.75) is 19.9 Å². The average molecular weight is 376 g/mol. The molecule has 1 aliphatic heterocycles. The van der Waals surface area contributed by atoms with E-state index >= 15 is 0 Å². The third-order valence-electron chi connectivity index (χ3n) is 4.32. The fraction of sp³-hybridized carbons (Fsp3) is 0.529. The van der Waals surface area contributed by atoms with Crippen molar-refractivity contribution in [3.8, 4) is 5.88 Å². The molecule has 1 saturated heterocycles. The maximum Gasteiger partial charge on any atom is 0.218 e. The van der Waals surface area contributed by atoms with Gasteiger partial charge in [-0.1, -0.05) is 13.0 Å².